The molecule has 0 spiro atoms. The predicted octanol–water partition coefficient (Wildman–Crippen LogP) is 4.89. The van der Waals surface area contributed by atoms with E-state index >= 15 is 0 Å². The van der Waals surface area contributed by atoms with Gasteiger partial charge in [-0.3, -0.25) is 4.90 Å². The fourth-order valence-corrected chi connectivity index (χ4v) is 4.62. The average Bonchev–Trinajstić information content (AvgIpc) is 3.31. The zero-order valence-corrected chi connectivity index (χ0v) is 17.1. The van der Waals surface area contributed by atoms with E-state index < -0.39 is 6.09 Å². The van der Waals surface area contributed by atoms with Crippen LogP contribution in [0.15, 0.2) is 52.9 Å². The first-order valence-corrected chi connectivity index (χ1v) is 10.7. The number of thiazole rings is 1. The number of ether oxygens (including phenoxy) is 2. The number of aromatic nitrogens is 1. The van der Waals surface area contributed by atoms with Crippen LogP contribution < -0.4 is 10.5 Å². The van der Waals surface area contributed by atoms with Gasteiger partial charge in [0.1, 0.15) is 23.2 Å². The van der Waals surface area contributed by atoms with Gasteiger partial charge in [0.15, 0.2) is 0 Å². The number of fused-ring (bicyclic) bond motifs is 2. The molecule has 1 aliphatic heterocycles. The Bertz CT molecular complexity index is 1160. The summed E-state index contributed by atoms with van der Waals surface area (Å²) in [5.41, 5.74) is 6.87. The van der Waals surface area contributed by atoms with Gasteiger partial charge in [0.2, 0.25) is 0 Å². The maximum Gasteiger partial charge on any atom is 0.404 e. The minimum atomic E-state index is -0.699. The highest BCUT2D eigenvalue weighted by molar-refractivity contribution is 7.20. The first kappa shape index (κ1) is 18.9. The highest BCUT2D eigenvalue weighted by Crippen LogP contribution is 2.33. The van der Waals surface area contributed by atoms with Gasteiger partial charge in [-0.25, -0.2) is 9.78 Å². The van der Waals surface area contributed by atoms with Crippen LogP contribution in [0.4, 0.5) is 4.79 Å². The molecule has 1 amide bonds. The summed E-state index contributed by atoms with van der Waals surface area (Å²) in [5.74, 6) is 1.63. The quantitative estimate of drug-likeness (QED) is 0.491. The summed E-state index contributed by atoms with van der Waals surface area (Å²) in [7, 11) is 0. The van der Waals surface area contributed by atoms with E-state index in [1.54, 1.807) is 0 Å². The summed E-state index contributed by atoms with van der Waals surface area (Å²) >= 11 is 1.53. The molecule has 1 aliphatic rings. The van der Waals surface area contributed by atoms with Gasteiger partial charge in [-0.1, -0.05) is 23.5 Å². The summed E-state index contributed by atoms with van der Waals surface area (Å²) in [6.45, 7) is 2.38. The molecule has 0 radical (unpaired) electrons. The van der Waals surface area contributed by atoms with E-state index in [0.29, 0.717) is 11.7 Å². The molecular formula is C22H21N3O4S. The van der Waals surface area contributed by atoms with Gasteiger partial charge in [-0.05, 0) is 49.2 Å². The standard InChI is InChI=1S/C22H21N3O4S/c23-21(26)28-15-7-9-25(10-8-15)13-17-12-14-11-16(5-6-19(14)27-17)29-22-24-18-3-1-2-4-20(18)30-22/h1-6,11-12,15H,7-10,13H2,(H2,23,26). The summed E-state index contributed by atoms with van der Waals surface area (Å²) < 4.78 is 18.2. The predicted molar refractivity (Wildman–Crippen MR) is 115 cm³/mol. The zero-order valence-electron chi connectivity index (χ0n) is 16.2. The number of carbonyl (C=O) groups excluding carboxylic acids is 1. The second kappa shape index (κ2) is 7.97. The van der Waals surface area contributed by atoms with E-state index in [0.717, 1.165) is 58.6 Å². The van der Waals surface area contributed by atoms with E-state index in [4.69, 9.17) is 19.6 Å². The van der Waals surface area contributed by atoms with Crippen LogP contribution in [0.1, 0.15) is 18.6 Å². The summed E-state index contributed by atoms with van der Waals surface area (Å²) in [6, 6.07) is 15.8. The molecule has 0 unspecified atom stereocenters. The first-order chi connectivity index (χ1) is 14.6. The SMILES string of the molecule is NC(=O)OC1CCN(Cc2cc3cc(Oc4nc5ccccc5s4)ccc3o2)CC1. The largest absolute Gasteiger partial charge is 0.460 e. The van der Waals surface area contributed by atoms with E-state index in [1.807, 2.05) is 48.5 Å². The van der Waals surface area contributed by atoms with Crippen LogP contribution in [0, 0.1) is 0 Å². The molecule has 7 nitrogen and oxygen atoms in total. The molecule has 154 valence electrons. The number of para-hydroxylation sites is 1. The molecule has 1 fully saturated rings. The van der Waals surface area contributed by atoms with E-state index in [2.05, 4.69) is 9.88 Å². The fourth-order valence-electron chi connectivity index (χ4n) is 3.78. The molecule has 8 heteroatoms. The van der Waals surface area contributed by atoms with Crippen LogP contribution in [-0.4, -0.2) is 35.2 Å². The Hall–Kier alpha value is -3.10. The van der Waals surface area contributed by atoms with Crippen molar-refractivity contribution in [3.63, 3.8) is 0 Å². The first-order valence-electron chi connectivity index (χ1n) is 9.87. The number of amides is 1. The molecule has 0 atom stereocenters. The Kier molecular flexibility index (Phi) is 5.02. The average molecular weight is 423 g/mol. The van der Waals surface area contributed by atoms with Crippen LogP contribution in [0.2, 0.25) is 0 Å². The molecular weight excluding hydrogens is 402 g/mol. The summed E-state index contributed by atoms with van der Waals surface area (Å²) in [6.07, 6.45) is 0.776. The fraction of sp³-hybridized carbons (Fsp3) is 0.273. The highest BCUT2D eigenvalue weighted by Gasteiger charge is 2.22. The lowest BCUT2D eigenvalue weighted by Crippen LogP contribution is -2.38. The number of furan rings is 1. The number of benzene rings is 2. The third-order valence-electron chi connectivity index (χ3n) is 5.22. The van der Waals surface area contributed by atoms with Gasteiger partial charge < -0.3 is 19.6 Å². The maximum absolute atomic E-state index is 10.9. The third kappa shape index (κ3) is 4.10. The number of primary amides is 1. The molecule has 2 aromatic carbocycles. The number of piperidine rings is 1. The highest BCUT2D eigenvalue weighted by atomic mass is 32.1. The molecule has 0 saturated carbocycles. The number of hydrogen-bond acceptors (Lipinski definition) is 7. The number of likely N-dealkylation sites (tertiary alicyclic amines) is 1. The monoisotopic (exact) mass is 423 g/mol. The summed E-state index contributed by atoms with van der Waals surface area (Å²) in [4.78, 5) is 17.7. The lowest BCUT2D eigenvalue weighted by atomic mass is 10.1. The molecule has 0 aliphatic carbocycles. The third-order valence-corrected chi connectivity index (χ3v) is 6.13. The van der Waals surface area contributed by atoms with Gasteiger partial charge >= 0.3 is 6.09 Å². The minimum Gasteiger partial charge on any atom is -0.460 e. The molecule has 2 N–H and O–H groups in total. The second-order valence-corrected chi connectivity index (χ2v) is 8.37. The van der Waals surface area contributed by atoms with Gasteiger partial charge in [0.25, 0.3) is 5.19 Å². The van der Waals surface area contributed by atoms with Crippen molar-refractivity contribution in [1.82, 2.24) is 9.88 Å². The van der Waals surface area contributed by atoms with E-state index in [-0.39, 0.29) is 6.10 Å². The Morgan fingerprint density at radius 2 is 2.03 bits per heavy atom. The van der Waals surface area contributed by atoms with Crippen molar-refractivity contribution in [2.45, 2.75) is 25.5 Å². The molecule has 4 aromatic rings. The number of carbonyl (C=O) groups is 1. The lowest BCUT2D eigenvalue weighted by Gasteiger charge is -2.30. The molecule has 3 heterocycles. The number of nitrogens with zero attached hydrogens (tertiary/aromatic N) is 2. The van der Waals surface area contributed by atoms with Crippen molar-refractivity contribution in [3.8, 4) is 10.9 Å². The Morgan fingerprint density at radius 1 is 1.20 bits per heavy atom. The molecule has 0 bridgehead atoms. The van der Waals surface area contributed by atoms with Crippen LogP contribution in [-0.2, 0) is 11.3 Å². The lowest BCUT2D eigenvalue weighted by molar-refractivity contribution is 0.0523. The van der Waals surface area contributed by atoms with Crippen molar-refractivity contribution < 1.29 is 18.7 Å². The number of rotatable bonds is 5. The van der Waals surface area contributed by atoms with Crippen LogP contribution in [0.3, 0.4) is 0 Å². The summed E-state index contributed by atoms with van der Waals surface area (Å²) in [5, 5.41) is 1.62. The van der Waals surface area contributed by atoms with Gasteiger partial charge in [0.05, 0.1) is 16.8 Å². The molecule has 5 rings (SSSR count). The van der Waals surface area contributed by atoms with Crippen LogP contribution >= 0.6 is 11.3 Å². The molecule has 1 saturated heterocycles. The van der Waals surface area contributed by atoms with Crippen molar-refractivity contribution in [2.75, 3.05) is 13.1 Å². The van der Waals surface area contributed by atoms with Crippen molar-refractivity contribution in [2.24, 2.45) is 5.73 Å². The van der Waals surface area contributed by atoms with Crippen LogP contribution in [0.25, 0.3) is 21.2 Å². The van der Waals surface area contributed by atoms with Crippen LogP contribution in [0.5, 0.6) is 10.9 Å². The van der Waals surface area contributed by atoms with Crippen molar-refractivity contribution in [1.29, 1.82) is 0 Å². The van der Waals surface area contributed by atoms with E-state index in [9.17, 15) is 4.79 Å². The van der Waals surface area contributed by atoms with Crippen molar-refractivity contribution >= 4 is 38.6 Å². The number of hydrogen-bond donors (Lipinski definition) is 1. The van der Waals surface area contributed by atoms with Gasteiger partial charge in [-0.15, -0.1) is 0 Å². The molecule has 2 aromatic heterocycles. The van der Waals surface area contributed by atoms with Gasteiger partial charge in [0, 0.05) is 18.5 Å². The normalized spacial score (nSPS) is 15.6. The topological polar surface area (TPSA) is 90.8 Å². The maximum atomic E-state index is 10.9. The van der Waals surface area contributed by atoms with Crippen molar-refractivity contribution in [3.05, 3.63) is 54.3 Å². The molecule has 30 heavy (non-hydrogen) atoms. The Morgan fingerprint density at radius 3 is 2.83 bits per heavy atom. The Labute approximate surface area is 177 Å². The smallest absolute Gasteiger partial charge is 0.404 e. The second-order valence-electron chi connectivity index (χ2n) is 7.37. The number of nitrogens with two attached hydrogens (primary N) is 1. The minimum absolute atomic E-state index is 0.0864. The Balaban J connectivity index is 1.25. The van der Waals surface area contributed by atoms with Gasteiger partial charge in [-0.2, -0.15) is 0 Å². The zero-order chi connectivity index (χ0) is 20.5. The van der Waals surface area contributed by atoms with E-state index in [1.165, 1.54) is 11.3 Å².